The van der Waals surface area contributed by atoms with Crippen LogP contribution in [0.2, 0.25) is 0 Å². The van der Waals surface area contributed by atoms with E-state index in [4.69, 9.17) is 0 Å². The first-order chi connectivity index (χ1) is 11.5. The van der Waals surface area contributed by atoms with Crippen LogP contribution in [0.5, 0.6) is 0 Å². The molecule has 2 heterocycles. The second-order valence-corrected chi connectivity index (χ2v) is 5.87. The van der Waals surface area contributed by atoms with E-state index in [0.717, 1.165) is 11.5 Å². The summed E-state index contributed by atoms with van der Waals surface area (Å²) in [7, 11) is 0. The van der Waals surface area contributed by atoms with Crippen molar-refractivity contribution in [2.24, 2.45) is 0 Å². The summed E-state index contributed by atoms with van der Waals surface area (Å²) in [4.78, 5) is 20.2. The molecule has 24 heavy (non-hydrogen) atoms. The van der Waals surface area contributed by atoms with Crippen molar-refractivity contribution in [3.63, 3.8) is 0 Å². The van der Waals surface area contributed by atoms with Crippen LogP contribution < -0.4 is 5.32 Å². The lowest BCUT2D eigenvalue weighted by molar-refractivity contribution is 0.102. The zero-order chi connectivity index (χ0) is 17.3. The molecule has 0 saturated heterocycles. The number of pyridine rings is 1. The first-order valence-electron chi connectivity index (χ1n) is 6.98. The van der Waals surface area contributed by atoms with Crippen LogP contribution in [0.15, 0.2) is 30.5 Å². The first kappa shape index (κ1) is 16.1. The highest BCUT2D eigenvalue weighted by atomic mass is 32.1. The van der Waals surface area contributed by atoms with E-state index in [1.54, 1.807) is 32.2 Å². The van der Waals surface area contributed by atoms with Gasteiger partial charge in [0.25, 0.3) is 5.91 Å². The number of aryl methyl sites for hydroxylation is 2. The molecule has 1 amide bonds. The Bertz CT molecular complexity index is 903. The molecule has 0 bridgehead atoms. The topological polar surface area (TPSA) is 67.8 Å². The predicted molar refractivity (Wildman–Crippen MR) is 86.9 cm³/mol. The van der Waals surface area contributed by atoms with Crippen LogP contribution in [0.1, 0.15) is 21.6 Å². The van der Waals surface area contributed by atoms with Crippen molar-refractivity contribution in [3.05, 3.63) is 58.9 Å². The van der Waals surface area contributed by atoms with Crippen molar-refractivity contribution in [1.82, 2.24) is 14.3 Å². The van der Waals surface area contributed by atoms with E-state index in [1.165, 1.54) is 12.1 Å². The lowest BCUT2D eigenvalue weighted by Gasteiger charge is -2.04. The minimum absolute atomic E-state index is 0.104. The number of benzene rings is 1. The number of anilines is 1. The van der Waals surface area contributed by atoms with E-state index in [-0.39, 0.29) is 16.5 Å². The van der Waals surface area contributed by atoms with Gasteiger partial charge in [0, 0.05) is 23.4 Å². The Morgan fingerprint density at radius 1 is 1.21 bits per heavy atom. The Morgan fingerprint density at radius 3 is 2.58 bits per heavy atom. The number of nitrogens with one attached hydrogen (secondary N) is 1. The summed E-state index contributed by atoms with van der Waals surface area (Å²) in [5.41, 5.74) is 1.11. The summed E-state index contributed by atoms with van der Waals surface area (Å²) in [6.45, 7) is 3.30. The third kappa shape index (κ3) is 3.13. The highest BCUT2D eigenvalue weighted by Gasteiger charge is 2.18. The Balaban J connectivity index is 1.87. The molecule has 3 aromatic rings. The minimum Gasteiger partial charge on any atom is -0.297 e. The van der Waals surface area contributed by atoms with Crippen LogP contribution >= 0.6 is 11.5 Å². The van der Waals surface area contributed by atoms with E-state index >= 15 is 0 Å². The highest BCUT2D eigenvalue weighted by molar-refractivity contribution is 7.10. The Labute approximate surface area is 140 Å². The maximum absolute atomic E-state index is 14.0. The van der Waals surface area contributed by atoms with Gasteiger partial charge in [-0.15, -0.1) is 0 Å². The molecule has 0 atom stereocenters. The molecule has 0 saturated carbocycles. The van der Waals surface area contributed by atoms with Crippen molar-refractivity contribution < 1.29 is 13.6 Å². The van der Waals surface area contributed by atoms with Crippen molar-refractivity contribution >= 4 is 22.6 Å². The molecule has 0 spiro atoms. The summed E-state index contributed by atoms with van der Waals surface area (Å²) in [6.07, 6.45) is 1.58. The summed E-state index contributed by atoms with van der Waals surface area (Å²) >= 11 is 0.848. The van der Waals surface area contributed by atoms with Crippen LogP contribution in [0.3, 0.4) is 0 Å². The molecule has 1 N–H and O–H groups in total. The summed E-state index contributed by atoms with van der Waals surface area (Å²) < 4.78 is 31.9. The van der Waals surface area contributed by atoms with Gasteiger partial charge in [0.05, 0.1) is 11.1 Å². The van der Waals surface area contributed by atoms with Gasteiger partial charge in [0.2, 0.25) is 5.13 Å². The monoisotopic (exact) mass is 346 g/mol. The number of nitrogens with zero attached hydrogens (tertiary/aromatic N) is 3. The lowest BCUT2D eigenvalue weighted by Crippen LogP contribution is -2.13. The van der Waals surface area contributed by atoms with Gasteiger partial charge in [0.1, 0.15) is 11.6 Å². The van der Waals surface area contributed by atoms with Crippen LogP contribution in [0.4, 0.5) is 13.9 Å². The third-order valence-corrected chi connectivity index (χ3v) is 3.94. The molecule has 0 radical (unpaired) electrons. The van der Waals surface area contributed by atoms with Crippen LogP contribution in [-0.2, 0) is 0 Å². The van der Waals surface area contributed by atoms with Crippen molar-refractivity contribution in [2.75, 3.05) is 5.32 Å². The number of aromatic nitrogens is 3. The van der Waals surface area contributed by atoms with Gasteiger partial charge in [0.15, 0.2) is 5.82 Å². The molecule has 3 rings (SSSR count). The number of halogens is 2. The van der Waals surface area contributed by atoms with Gasteiger partial charge in [-0.2, -0.15) is 9.36 Å². The Hall–Kier alpha value is -2.74. The SMILES string of the molecule is Cc1cc(F)c(-c2nsc(NC(=O)c3cccnc3C)n2)c(F)c1. The van der Waals surface area contributed by atoms with Crippen molar-refractivity contribution in [1.29, 1.82) is 0 Å². The maximum atomic E-state index is 14.0. The number of hydrogen-bond acceptors (Lipinski definition) is 5. The standard InChI is InChI=1S/C16H12F2N4OS/c1-8-6-11(17)13(12(18)7-8)14-20-16(24-22-14)21-15(23)10-4-3-5-19-9(10)2/h3-7H,1-2H3,(H,20,21,22,23). The van der Waals surface area contributed by atoms with E-state index in [0.29, 0.717) is 16.8 Å². The quantitative estimate of drug-likeness (QED) is 0.784. The largest absolute Gasteiger partial charge is 0.297 e. The Kier molecular flexibility index (Phi) is 4.30. The molecule has 8 heteroatoms. The normalized spacial score (nSPS) is 10.7. The lowest BCUT2D eigenvalue weighted by atomic mass is 10.1. The fourth-order valence-electron chi connectivity index (χ4n) is 2.18. The second kappa shape index (κ2) is 6.40. The maximum Gasteiger partial charge on any atom is 0.259 e. The smallest absolute Gasteiger partial charge is 0.259 e. The van der Waals surface area contributed by atoms with Crippen LogP contribution in [-0.4, -0.2) is 20.2 Å². The van der Waals surface area contributed by atoms with E-state index in [2.05, 4.69) is 19.7 Å². The third-order valence-electron chi connectivity index (χ3n) is 3.31. The fraction of sp³-hybridized carbons (Fsp3) is 0.125. The molecule has 1 aromatic carbocycles. The molecule has 0 aliphatic carbocycles. The van der Waals surface area contributed by atoms with Gasteiger partial charge in [-0.05, 0) is 43.7 Å². The molecular formula is C16H12F2N4OS. The second-order valence-electron chi connectivity index (χ2n) is 5.12. The zero-order valence-corrected chi connectivity index (χ0v) is 13.6. The molecule has 0 fully saturated rings. The number of amides is 1. The molecule has 122 valence electrons. The number of rotatable bonds is 3. The predicted octanol–water partition coefficient (Wildman–Crippen LogP) is 3.75. The van der Waals surface area contributed by atoms with E-state index in [9.17, 15) is 13.6 Å². The highest BCUT2D eigenvalue weighted by Crippen LogP contribution is 2.27. The average molecular weight is 346 g/mol. The van der Waals surface area contributed by atoms with E-state index < -0.39 is 17.5 Å². The van der Waals surface area contributed by atoms with Gasteiger partial charge in [-0.25, -0.2) is 8.78 Å². The summed E-state index contributed by atoms with van der Waals surface area (Å²) in [5, 5.41) is 2.71. The average Bonchev–Trinajstić information content (AvgIpc) is 2.94. The van der Waals surface area contributed by atoms with E-state index in [1.807, 2.05) is 0 Å². The van der Waals surface area contributed by atoms with Gasteiger partial charge < -0.3 is 0 Å². The van der Waals surface area contributed by atoms with Gasteiger partial charge >= 0.3 is 0 Å². The van der Waals surface area contributed by atoms with Crippen LogP contribution in [0.25, 0.3) is 11.4 Å². The molecular weight excluding hydrogens is 334 g/mol. The number of carbonyl (C=O) groups is 1. The molecule has 0 aliphatic rings. The van der Waals surface area contributed by atoms with Gasteiger partial charge in [-0.3, -0.25) is 15.1 Å². The minimum atomic E-state index is -0.744. The number of carbonyl (C=O) groups excluding carboxylic acids is 1. The van der Waals surface area contributed by atoms with Crippen LogP contribution in [0, 0.1) is 25.5 Å². The first-order valence-corrected chi connectivity index (χ1v) is 7.75. The van der Waals surface area contributed by atoms with Gasteiger partial charge in [-0.1, -0.05) is 0 Å². The van der Waals surface area contributed by atoms with Crippen molar-refractivity contribution in [2.45, 2.75) is 13.8 Å². The summed E-state index contributed by atoms with van der Waals surface area (Å²) in [5.74, 6) is -2.00. The molecule has 5 nitrogen and oxygen atoms in total. The fourth-order valence-corrected chi connectivity index (χ4v) is 2.75. The molecule has 0 aliphatic heterocycles. The Morgan fingerprint density at radius 2 is 1.92 bits per heavy atom. The molecule has 0 unspecified atom stereocenters. The molecule has 2 aromatic heterocycles. The zero-order valence-electron chi connectivity index (χ0n) is 12.8. The van der Waals surface area contributed by atoms with Crippen molar-refractivity contribution in [3.8, 4) is 11.4 Å². The number of hydrogen-bond donors (Lipinski definition) is 1. The summed E-state index contributed by atoms with van der Waals surface area (Å²) in [6, 6.07) is 5.68.